The summed E-state index contributed by atoms with van der Waals surface area (Å²) in [7, 11) is -3.19. The predicted octanol–water partition coefficient (Wildman–Crippen LogP) is 2.12. The first kappa shape index (κ1) is 14.3. The Morgan fingerprint density at radius 3 is 2.53 bits per heavy atom. The Morgan fingerprint density at radius 2 is 1.95 bits per heavy atom. The molecule has 0 heterocycles. The van der Waals surface area contributed by atoms with Crippen molar-refractivity contribution in [2.45, 2.75) is 38.1 Å². The molecular weight excluding hydrogens is 260 g/mol. The average Bonchev–Trinajstić information content (AvgIpc) is 2.30. The largest absolute Gasteiger partial charge is 0.328 e. The van der Waals surface area contributed by atoms with E-state index in [2.05, 4.69) is 4.72 Å². The molecule has 2 rings (SSSR count). The maximum absolute atomic E-state index is 11.1. The average molecular weight is 282 g/mol. The van der Waals surface area contributed by atoms with E-state index in [1.807, 2.05) is 24.3 Å². The van der Waals surface area contributed by atoms with Crippen LogP contribution in [0.25, 0.3) is 0 Å². The van der Waals surface area contributed by atoms with Gasteiger partial charge in [-0.05, 0) is 42.9 Å². The van der Waals surface area contributed by atoms with Crippen LogP contribution >= 0.6 is 0 Å². The Labute approximate surface area is 115 Å². The smallest absolute Gasteiger partial charge is 0.229 e. The Hall–Kier alpha value is -1.07. The highest BCUT2D eigenvalue weighted by Gasteiger charge is 2.19. The molecule has 0 amide bonds. The maximum Gasteiger partial charge on any atom is 0.229 e. The first-order valence-corrected chi connectivity index (χ1v) is 8.64. The molecule has 0 saturated heterocycles. The lowest BCUT2D eigenvalue weighted by Crippen LogP contribution is -2.28. The van der Waals surface area contributed by atoms with Gasteiger partial charge >= 0.3 is 0 Å². The van der Waals surface area contributed by atoms with Crippen molar-refractivity contribution in [2.75, 3.05) is 11.0 Å². The van der Waals surface area contributed by atoms with Gasteiger partial charge in [0.15, 0.2) is 0 Å². The van der Waals surface area contributed by atoms with E-state index in [0.29, 0.717) is 17.6 Å². The topological polar surface area (TPSA) is 72.2 Å². The lowest BCUT2D eigenvalue weighted by atomic mass is 9.82. The molecule has 0 bridgehead atoms. The van der Waals surface area contributed by atoms with E-state index in [9.17, 15) is 8.42 Å². The van der Waals surface area contributed by atoms with Crippen LogP contribution in [0.2, 0.25) is 0 Å². The molecule has 1 aliphatic rings. The molecule has 19 heavy (non-hydrogen) atoms. The third-order valence-corrected chi connectivity index (χ3v) is 4.21. The SMILES string of the molecule is CS(=O)(=O)Nc1ccc(CC2CCCC(N)C2)cc1. The summed E-state index contributed by atoms with van der Waals surface area (Å²) >= 11 is 0. The molecule has 2 atom stereocenters. The zero-order chi connectivity index (χ0) is 13.9. The normalized spacial score (nSPS) is 24.1. The van der Waals surface area contributed by atoms with Crippen molar-refractivity contribution in [2.24, 2.45) is 11.7 Å². The van der Waals surface area contributed by atoms with Gasteiger partial charge < -0.3 is 5.73 Å². The van der Waals surface area contributed by atoms with Gasteiger partial charge in [-0.1, -0.05) is 25.0 Å². The summed E-state index contributed by atoms with van der Waals surface area (Å²) in [5, 5.41) is 0. The lowest BCUT2D eigenvalue weighted by Gasteiger charge is -2.26. The fourth-order valence-electron chi connectivity index (χ4n) is 2.77. The van der Waals surface area contributed by atoms with E-state index in [1.54, 1.807) is 0 Å². The van der Waals surface area contributed by atoms with Crippen molar-refractivity contribution in [1.82, 2.24) is 0 Å². The van der Waals surface area contributed by atoms with E-state index >= 15 is 0 Å². The lowest BCUT2D eigenvalue weighted by molar-refractivity contribution is 0.321. The number of hydrogen-bond acceptors (Lipinski definition) is 3. The first-order valence-electron chi connectivity index (χ1n) is 6.75. The molecule has 1 saturated carbocycles. The molecule has 0 aromatic heterocycles. The maximum atomic E-state index is 11.1. The van der Waals surface area contributed by atoms with Gasteiger partial charge in [0.05, 0.1) is 6.26 Å². The van der Waals surface area contributed by atoms with Crippen LogP contribution in [0.4, 0.5) is 5.69 Å². The van der Waals surface area contributed by atoms with Crippen LogP contribution in [0.1, 0.15) is 31.2 Å². The summed E-state index contributed by atoms with van der Waals surface area (Å²) in [5.41, 5.74) is 7.86. The Morgan fingerprint density at radius 1 is 1.26 bits per heavy atom. The van der Waals surface area contributed by atoms with Crippen molar-refractivity contribution < 1.29 is 8.42 Å². The van der Waals surface area contributed by atoms with Crippen LogP contribution in [-0.2, 0) is 16.4 Å². The van der Waals surface area contributed by atoms with Crippen LogP contribution < -0.4 is 10.5 Å². The zero-order valence-corrected chi connectivity index (χ0v) is 12.1. The van der Waals surface area contributed by atoms with Gasteiger partial charge in [-0.25, -0.2) is 8.42 Å². The number of nitrogens with two attached hydrogens (primary N) is 1. The zero-order valence-electron chi connectivity index (χ0n) is 11.3. The first-order chi connectivity index (χ1) is 8.92. The van der Waals surface area contributed by atoms with Crippen LogP contribution in [0.3, 0.4) is 0 Å². The molecule has 5 heteroatoms. The molecule has 2 unspecified atom stereocenters. The summed E-state index contributed by atoms with van der Waals surface area (Å²) in [6, 6.07) is 7.98. The molecule has 0 aliphatic heterocycles. The van der Waals surface area contributed by atoms with Gasteiger partial charge in [-0.2, -0.15) is 0 Å². The highest BCUT2D eigenvalue weighted by Crippen LogP contribution is 2.26. The van der Waals surface area contributed by atoms with E-state index < -0.39 is 10.0 Å². The van der Waals surface area contributed by atoms with Crippen LogP contribution in [-0.4, -0.2) is 20.7 Å². The number of hydrogen-bond donors (Lipinski definition) is 2. The highest BCUT2D eigenvalue weighted by atomic mass is 32.2. The summed E-state index contributed by atoms with van der Waals surface area (Å²) < 4.78 is 24.7. The van der Waals surface area contributed by atoms with Gasteiger partial charge in [0.1, 0.15) is 0 Å². The molecule has 1 aromatic carbocycles. The molecule has 1 fully saturated rings. The minimum Gasteiger partial charge on any atom is -0.328 e. The highest BCUT2D eigenvalue weighted by molar-refractivity contribution is 7.92. The molecule has 0 spiro atoms. The number of benzene rings is 1. The number of rotatable bonds is 4. The number of anilines is 1. The van der Waals surface area contributed by atoms with Crippen LogP contribution in [0.5, 0.6) is 0 Å². The standard InChI is InChI=1S/C14H22N2O2S/c1-19(17,18)16-14-7-5-11(6-8-14)9-12-3-2-4-13(15)10-12/h5-8,12-13,16H,2-4,9-10,15H2,1H3. The molecule has 106 valence electrons. The van der Waals surface area contributed by atoms with Crippen LogP contribution in [0, 0.1) is 5.92 Å². The Balaban J connectivity index is 1.95. The summed E-state index contributed by atoms with van der Waals surface area (Å²) in [5.74, 6) is 0.664. The Kier molecular flexibility index (Phi) is 4.47. The monoisotopic (exact) mass is 282 g/mol. The van der Waals surface area contributed by atoms with Crippen molar-refractivity contribution in [3.63, 3.8) is 0 Å². The van der Waals surface area contributed by atoms with E-state index in [0.717, 1.165) is 25.5 Å². The summed E-state index contributed by atoms with van der Waals surface area (Å²) in [4.78, 5) is 0. The van der Waals surface area contributed by atoms with Crippen molar-refractivity contribution in [3.05, 3.63) is 29.8 Å². The van der Waals surface area contributed by atoms with Crippen molar-refractivity contribution in [1.29, 1.82) is 0 Å². The van der Waals surface area contributed by atoms with Crippen molar-refractivity contribution in [3.8, 4) is 0 Å². The fourth-order valence-corrected chi connectivity index (χ4v) is 3.34. The van der Waals surface area contributed by atoms with Crippen LogP contribution in [0.15, 0.2) is 24.3 Å². The second-order valence-electron chi connectivity index (χ2n) is 5.57. The minimum atomic E-state index is -3.19. The van der Waals surface area contributed by atoms with Gasteiger partial charge in [-0.3, -0.25) is 4.72 Å². The molecule has 3 N–H and O–H groups in total. The quantitative estimate of drug-likeness (QED) is 0.888. The van der Waals surface area contributed by atoms with Gasteiger partial charge in [-0.15, -0.1) is 0 Å². The minimum absolute atomic E-state index is 0.352. The second-order valence-corrected chi connectivity index (χ2v) is 7.32. The molecule has 0 radical (unpaired) electrons. The number of nitrogens with one attached hydrogen (secondary N) is 1. The molecular formula is C14H22N2O2S. The summed E-state index contributed by atoms with van der Waals surface area (Å²) in [6.07, 6.45) is 6.91. The molecule has 1 aromatic rings. The van der Waals surface area contributed by atoms with Gasteiger partial charge in [0.25, 0.3) is 0 Å². The Bertz CT molecular complexity index is 511. The van der Waals surface area contributed by atoms with E-state index in [1.165, 1.54) is 18.4 Å². The predicted molar refractivity (Wildman–Crippen MR) is 78.5 cm³/mol. The van der Waals surface area contributed by atoms with E-state index in [4.69, 9.17) is 5.73 Å². The third kappa shape index (κ3) is 4.84. The van der Waals surface area contributed by atoms with E-state index in [-0.39, 0.29) is 0 Å². The fraction of sp³-hybridized carbons (Fsp3) is 0.571. The van der Waals surface area contributed by atoms with Gasteiger partial charge in [0.2, 0.25) is 10.0 Å². The summed E-state index contributed by atoms with van der Waals surface area (Å²) in [6.45, 7) is 0. The second kappa shape index (κ2) is 5.92. The third-order valence-electron chi connectivity index (χ3n) is 3.60. The van der Waals surface area contributed by atoms with Gasteiger partial charge in [0, 0.05) is 11.7 Å². The van der Waals surface area contributed by atoms with Crippen molar-refractivity contribution >= 4 is 15.7 Å². The molecule has 4 nitrogen and oxygen atoms in total. The number of sulfonamides is 1. The molecule has 1 aliphatic carbocycles.